The van der Waals surface area contributed by atoms with Crippen LogP contribution in [0.25, 0.3) is 11.0 Å². The topological polar surface area (TPSA) is 44.2 Å². The van der Waals surface area contributed by atoms with Crippen LogP contribution in [-0.2, 0) is 4.74 Å². The van der Waals surface area contributed by atoms with Crippen molar-refractivity contribution in [2.45, 2.75) is 18.9 Å². The van der Waals surface area contributed by atoms with Crippen LogP contribution in [0.2, 0.25) is 0 Å². The first kappa shape index (κ1) is 11.9. The minimum atomic E-state index is 0.192. The van der Waals surface area contributed by atoms with Crippen molar-refractivity contribution in [2.75, 3.05) is 13.2 Å². The second kappa shape index (κ2) is 5.20. The molecule has 0 atom stereocenters. The first-order valence-electron chi connectivity index (χ1n) is 5.98. The quantitative estimate of drug-likeness (QED) is 0.855. The number of fused-ring (bicyclic) bond motifs is 1. The zero-order valence-corrected chi connectivity index (χ0v) is 11.4. The normalized spacial score (nSPS) is 16.9. The predicted octanol–water partition coefficient (Wildman–Crippen LogP) is 2.95. The summed E-state index contributed by atoms with van der Waals surface area (Å²) in [5, 5.41) is 0. The SMILES string of the molecule is Brc1ccc2ncc(OC3CCOCC3)nc2c1. The zero-order valence-electron chi connectivity index (χ0n) is 9.80. The average molecular weight is 309 g/mol. The Kier molecular flexibility index (Phi) is 3.43. The third kappa shape index (κ3) is 2.62. The van der Waals surface area contributed by atoms with Gasteiger partial charge in [0.25, 0.3) is 0 Å². The number of aromatic nitrogens is 2. The van der Waals surface area contributed by atoms with E-state index in [9.17, 15) is 0 Å². The molecular weight excluding hydrogens is 296 g/mol. The van der Waals surface area contributed by atoms with Gasteiger partial charge in [0.05, 0.1) is 30.4 Å². The highest BCUT2D eigenvalue weighted by atomic mass is 79.9. The number of ether oxygens (including phenoxy) is 2. The number of hydrogen-bond acceptors (Lipinski definition) is 4. The van der Waals surface area contributed by atoms with Crippen LogP contribution in [0.1, 0.15) is 12.8 Å². The van der Waals surface area contributed by atoms with Crippen LogP contribution in [0.4, 0.5) is 0 Å². The smallest absolute Gasteiger partial charge is 0.233 e. The van der Waals surface area contributed by atoms with Crippen LogP contribution in [-0.4, -0.2) is 29.3 Å². The lowest BCUT2D eigenvalue weighted by molar-refractivity contribution is 0.0237. The number of halogens is 1. The lowest BCUT2D eigenvalue weighted by Crippen LogP contribution is -2.26. The second-order valence-electron chi connectivity index (χ2n) is 4.27. The van der Waals surface area contributed by atoms with Crippen LogP contribution in [0.15, 0.2) is 28.9 Å². The van der Waals surface area contributed by atoms with Crippen LogP contribution in [0.5, 0.6) is 5.88 Å². The van der Waals surface area contributed by atoms with Crippen LogP contribution in [0, 0.1) is 0 Å². The number of hydrogen-bond donors (Lipinski definition) is 0. The van der Waals surface area contributed by atoms with Gasteiger partial charge >= 0.3 is 0 Å². The Morgan fingerprint density at radius 1 is 1.22 bits per heavy atom. The van der Waals surface area contributed by atoms with Crippen LogP contribution in [0.3, 0.4) is 0 Å². The van der Waals surface area contributed by atoms with Gasteiger partial charge in [-0.15, -0.1) is 0 Å². The van der Waals surface area contributed by atoms with Gasteiger partial charge in [0, 0.05) is 17.3 Å². The highest BCUT2D eigenvalue weighted by molar-refractivity contribution is 9.10. The predicted molar refractivity (Wildman–Crippen MR) is 71.7 cm³/mol. The van der Waals surface area contributed by atoms with Crippen LogP contribution >= 0.6 is 15.9 Å². The standard InChI is InChI=1S/C13H13BrN2O2/c14-9-1-2-11-12(7-9)16-13(8-15-11)18-10-3-5-17-6-4-10/h1-2,7-8,10H,3-6H2. The van der Waals surface area contributed by atoms with E-state index in [2.05, 4.69) is 25.9 Å². The third-order valence-electron chi connectivity index (χ3n) is 2.94. The van der Waals surface area contributed by atoms with Crippen molar-refractivity contribution in [1.29, 1.82) is 0 Å². The molecule has 0 radical (unpaired) electrons. The largest absolute Gasteiger partial charge is 0.473 e. The van der Waals surface area contributed by atoms with Gasteiger partial charge in [0.1, 0.15) is 6.10 Å². The summed E-state index contributed by atoms with van der Waals surface area (Å²) in [5.41, 5.74) is 1.71. The summed E-state index contributed by atoms with van der Waals surface area (Å²) in [6, 6.07) is 5.83. The Bertz CT molecular complexity index is 556. The van der Waals surface area contributed by atoms with E-state index in [1.807, 2.05) is 18.2 Å². The molecule has 1 aromatic carbocycles. The molecule has 94 valence electrons. The fourth-order valence-corrected chi connectivity index (χ4v) is 2.34. The van der Waals surface area contributed by atoms with Crippen molar-refractivity contribution in [3.05, 3.63) is 28.9 Å². The summed E-state index contributed by atoms with van der Waals surface area (Å²) in [6.45, 7) is 1.52. The molecule has 0 N–H and O–H groups in total. The summed E-state index contributed by atoms with van der Waals surface area (Å²) in [6.07, 6.45) is 3.71. The van der Waals surface area contributed by atoms with Gasteiger partial charge in [-0.25, -0.2) is 9.97 Å². The summed E-state index contributed by atoms with van der Waals surface area (Å²) in [7, 11) is 0. The minimum Gasteiger partial charge on any atom is -0.473 e. The maximum atomic E-state index is 5.83. The fourth-order valence-electron chi connectivity index (χ4n) is 1.99. The van der Waals surface area contributed by atoms with Crippen molar-refractivity contribution >= 4 is 27.0 Å². The monoisotopic (exact) mass is 308 g/mol. The summed E-state index contributed by atoms with van der Waals surface area (Å²) in [5.74, 6) is 0.590. The highest BCUT2D eigenvalue weighted by Crippen LogP contribution is 2.20. The van der Waals surface area contributed by atoms with Crippen molar-refractivity contribution in [3.63, 3.8) is 0 Å². The van der Waals surface area contributed by atoms with Crippen molar-refractivity contribution < 1.29 is 9.47 Å². The summed E-state index contributed by atoms with van der Waals surface area (Å²) >= 11 is 3.43. The van der Waals surface area contributed by atoms with Gasteiger partial charge < -0.3 is 9.47 Å². The van der Waals surface area contributed by atoms with Crippen molar-refractivity contribution in [1.82, 2.24) is 9.97 Å². The summed E-state index contributed by atoms with van der Waals surface area (Å²) in [4.78, 5) is 8.82. The molecule has 2 aromatic rings. The van der Waals surface area contributed by atoms with E-state index in [0.29, 0.717) is 5.88 Å². The zero-order chi connectivity index (χ0) is 12.4. The van der Waals surface area contributed by atoms with Gasteiger partial charge in [-0.1, -0.05) is 15.9 Å². The van der Waals surface area contributed by atoms with E-state index in [-0.39, 0.29) is 6.10 Å². The van der Waals surface area contributed by atoms with E-state index in [4.69, 9.17) is 9.47 Å². The highest BCUT2D eigenvalue weighted by Gasteiger charge is 2.16. The molecule has 3 rings (SSSR count). The molecule has 0 spiro atoms. The second-order valence-corrected chi connectivity index (χ2v) is 5.19. The minimum absolute atomic E-state index is 0.192. The number of nitrogens with zero attached hydrogens (tertiary/aromatic N) is 2. The summed E-state index contributed by atoms with van der Waals surface area (Å²) < 4.78 is 12.1. The molecule has 18 heavy (non-hydrogen) atoms. The molecular formula is C13H13BrN2O2. The van der Waals surface area contributed by atoms with Gasteiger partial charge in [0.15, 0.2) is 0 Å². The van der Waals surface area contributed by atoms with Gasteiger partial charge in [-0.3, -0.25) is 0 Å². The number of rotatable bonds is 2. The maximum absolute atomic E-state index is 5.83. The third-order valence-corrected chi connectivity index (χ3v) is 3.43. The Morgan fingerprint density at radius 3 is 2.89 bits per heavy atom. The van der Waals surface area contributed by atoms with E-state index in [0.717, 1.165) is 41.6 Å². The number of benzene rings is 1. The molecule has 1 fully saturated rings. The Hall–Kier alpha value is -1.20. The van der Waals surface area contributed by atoms with Crippen LogP contribution < -0.4 is 4.74 Å². The molecule has 4 nitrogen and oxygen atoms in total. The molecule has 1 aliphatic rings. The van der Waals surface area contributed by atoms with E-state index in [1.54, 1.807) is 6.20 Å². The first-order valence-corrected chi connectivity index (χ1v) is 6.77. The van der Waals surface area contributed by atoms with E-state index >= 15 is 0 Å². The van der Waals surface area contributed by atoms with E-state index in [1.165, 1.54) is 0 Å². The fraction of sp³-hybridized carbons (Fsp3) is 0.385. The Labute approximate surface area is 113 Å². The first-order chi connectivity index (χ1) is 8.81. The Balaban J connectivity index is 1.83. The molecule has 5 heteroatoms. The average Bonchev–Trinajstić information content (AvgIpc) is 2.39. The van der Waals surface area contributed by atoms with Crippen molar-refractivity contribution in [2.24, 2.45) is 0 Å². The van der Waals surface area contributed by atoms with E-state index < -0.39 is 0 Å². The molecule has 2 heterocycles. The Morgan fingerprint density at radius 2 is 2.06 bits per heavy atom. The lowest BCUT2D eigenvalue weighted by Gasteiger charge is -2.22. The molecule has 0 aliphatic carbocycles. The molecule has 1 saturated heterocycles. The van der Waals surface area contributed by atoms with Gasteiger partial charge in [-0.05, 0) is 18.2 Å². The molecule has 0 saturated carbocycles. The van der Waals surface area contributed by atoms with Crippen molar-refractivity contribution in [3.8, 4) is 5.88 Å². The maximum Gasteiger partial charge on any atom is 0.233 e. The lowest BCUT2D eigenvalue weighted by atomic mass is 10.2. The molecule has 0 unspecified atom stereocenters. The van der Waals surface area contributed by atoms with Gasteiger partial charge in [-0.2, -0.15) is 0 Å². The molecule has 1 aromatic heterocycles. The molecule has 0 amide bonds. The molecule has 0 bridgehead atoms. The van der Waals surface area contributed by atoms with Gasteiger partial charge in [0.2, 0.25) is 5.88 Å². The molecule has 1 aliphatic heterocycles.